The Hall–Kier alpha value is -3.37. The monoisotopic (exact) mass is 480 g/mol. The van der Waals surface area contributed by atoms with Gasteiger partial charge in [0, 0.05) is 6.42 Å². The van der Waals surface area contributed by atoms with E-state index in [0.29, 0.717) is 29.7 Å². The van der Waals surface area contributed by atoms with Gasteiger partial charge in [-0.1, -0.05) is 30.0 Å². The van der Waals surface area contributed by atoms with Crippen LogP contribution in [0, 0.1) is 0 Å². The van der Waals surface area contributed by atoms with Crippen molar-refractivity contribution in [3.05, 3.63) is 82.3 Å². The summed E-state index contributed by atoms with van der Waals surface area (Å²) in [6.07, 6.45) is 2.72. The Kier molecular flexibility index (Phi) is 6.27. The summed E-state index contributed by atoms with van der Waals surface area (Å²) >= 11 is 2.81. The first kappa shape index (κ1) is 21.5. The van der Waals surface area contributed by atoms with Crippen LogP contribution in [0.2, 0.25) is 0 Å². The van der Waals surface area contributed by atoms with E-state index >= 15 is 0 Å². The van der Waals surface area contributed by atoms with Crippen molar-refractivity contribution in [1.29, 1.82) is 0 Å². The number of hydrazone groups is 1. The molecule has 1 amide bonds. The van der Waals surface area contributed by atoms with E-state index in [1.54, 1.807) is 24.7 Å². The fourth-order valence-electron chi connectivity index (χ4n) is 3.51. The minimum atomic E-state index is -0.265. The molecule has 4 heterocycles. The van der Waals surface area contributed by atoms with E-state index in [0.717, 1.165) is 21.9 Å². The Morgan fingerprint density at radius 1 is 1.21 bits per heavy atom. The van der Waals surface area contributed by atoms with Gasteiger partial charge < -0.3 is 13.6 Å². The molecule has 1 aliphatic rings. The highest BCUT2D eigenvalue weighted by molar-refractivity contribution is 7.99. The van der Waals surface area contributed by atoms with Crippen LogP contribution >= 0.6 is 23.1 Å². The van der Waals surface area contributed by atoms with Crippen LogP contribution in [0.3, 0.4) is 0 Å². The molecule has 0 fully saturated rings. The fraction of sp³-hybridized carbons (Fsp3) is 0.217. The first-order valence-corrected chi connectivity index (χ1v) is 12.1. The molecule has 10 heteroatoms. The molecule has 1 aliphatic heterocycles. The lowest BCUT2D eigenvalue weighted by Crippen LogP contribution is -2.28. The van der Waals surface area contributed by atoms with Crippen LogP contribution in [0.15, 0.2) is 79.3 Å². The van der Waals surface area contributed by atoms with Crippen molar-refractivity contribution in [3.63, 3.8) is 0 Å². The van der Waals surface area contributed by atoms with Gasteiger partial charge >= 0.3 is 0 Å². The van der Waals surface area contributed by atoms with Crippen LogP contribution in [-0.4, -0.2) is 39.7 Å². The normalized spacial score (nSPS) is 15.6. The lowest BCUT2D eigenvalue weighted by molar-refractivity contribution is -0.130. The van der Waals surface area contributed by atoms with E-state index in [1.807, 2.05) is 53.9 Å². The number of benzene rings is 1. The maximum absolute atomic E-state index is 13.1. The Labute approximate surface area is 198 Å². The maximum atomic E-state index is 13.1. The molecule has 0 saturated heterocycles. The van der Waals surface area contributed by atoms with Crippen LogP contribution < -0.4 is 4.74 Å². The number of amides is 1. The highest BCUT2D eigenvalue weighted by Gasteiger charge is 2.35. The van der Waals surface area contributed by atoms with E-state index in [9.17, 15) is 4.79 Å². The molecule has 0 radical (unpaired) electrons. The molecule has 1 unspecified atom stereocenters. The van der Waals surface area contributed by atoms with Gasteiger partial charge in [0.05, 0.1) is 36.1 Å². The lowest BCUT2D eigenvalue weighted by Gasteiger charge is -2.19. The number of thioether (sulfide) groups is 1. The number of rotatable bonds is 8. The SMILES string of the molecule is COc1ccc(Cc2nnc(SCC(=O)N3N=C(c4cccs4)CC3c3ccco3)o2)cc1. The number of carbonyl (C=O) groups is 1. The van der Waals surface area contributed by atoms with Gasteiger partial charge in [-0.05, 0) is 41.3 Å². The summed E-state index contributed by atoms with van der Waals surface area (Å²) in [6.45, 7) is 0. The third-order valence-electron chi connectivity index (χ3n) is 5.12. The summed E-state index contributed by atoms with van der Waals surface area (Å²) in [6, 6.07) is 15.1. The van der Waals surface area contributed by atoms with Gasteiger partial charge in [-0.15, -0.1) is 21.5 Å². The predicted octanol–water partition coefficient (Wildman–Crippen LogP) is 4.79. The zero-order chi connectivity index (χ0) is 22.6. The first-order valence-electron chi connectivity index (χ1n) is 10.2. The third-order valence-corrected chi connectivity index (χ3v) is 6.85. The van der Waals surface area contributed by atoms with Crippen molar-refractivity contribution in [2.75, 3.05) is 12.9 Å². The summed E-state index contributed by atoms with van der Waals surface area (Å²) in [5.41, 5.74) is 1.91. The maximum Gasteiger partial charge on any atom is 0.277 e. The first-order chi connectivity index (χ1) is 16.2. The number of furan rings is 1. The van der Waals surface area contributed by atoms with E-state index < -0.39 is 0 Å². The van der Waals surface area contributed by atoms with Crippen LogP contribution in [-0.2, 0) is 11.2 Å². The molecule has 8 nitrogen and oxygen atoms in total. The molecule has 3 aromatic heterocycles. The van der Waals surface area contributed by atoms with Gasteiger partial charge in [0.25, 0.3) is 11.1 Å². The van der Waals surface area contributed by atoms with E-state index in [1.165, 1.54) is 16.8 Å². The highest BCUT2D eigenvalue weighted by atomic mass is 32.2. The number of ether oxygens (including phenoxy) is 1. The predicted molar refractivity (Wildman–Crippen MR) is 125 cm³/mol. The number of nitrogens with zero attached hydrogens (tertiary/aromatic N) is 4. The number of aromatic nitrogens is 2. The fourth-order valence-corrected chi connectivity index (χ4v) is 4.86. The molecule has 0 spiro atoms. The van der Waals surface area contributed by atoms with Crippen LogP contribution in [0.1, 0.15) is 34.6 Å². The van der Waals surface area contributed by atoms with E-state index in [-0.39, 0.29) is 17.7 Å². The Morgan fingerprint density at radius 3 is 2.82 bits per heavy atom. The molecule has 0 aliphatic carbocycles. The van der Waals surface area contributed by atoms with Crippen molar-refractivity contribution in [2.24, 2.45) is 5.10 Å². The van der Waals surface area contributed by atoms with Crippen molar-refractivity contribution in [2.45, 2.75) is 24.1 Å². The summed E-state index contributed by atoms with van der Waals surface area (Å²) in [5.74, 6) is 1.97. The number of hydrogen-bond acceptors (Lipinski definition) is 9. The van der Waals surface area contributed by atoms with E-state index in [4.69, 9.17) is 13.6 Å². The molecule has 1 aromatic carbocycles. The molecular weight excluding hydrogens is 460 g/mol. The zero-order valence-corrected chi connectivity index (χ0v) is 19.3. The van der Waals surface area contributed by atoms with Gasteiger partial charge in [-0.2, -0.15) is 5.10 Å². The largest absolute Gasteiger partial charge is 0.497 e. The molecule has 0 bridgehead atoms. The molecule has 0 saturated carbocycles. The Bertz CT molecular complexity index is 1230. The average Bonchev–Trinajstić information content (AvgIpc) is 3.63. The molecule has 33 heavy (non-hydrogen) atoms. The molecular formula is C23H20N4O4S2. The van der Waals surface area contributed by atoms with Crippen molar-refractivity contribution in [1.82, 2.24) is 15.2 Å². The number of hydrogen-bond donors (Lipinski definition) is 0. The van der Waals surface area contributed by atoms with Gasteiger partial charge in [0.2, 0.25) is 5.89 Å². The van der Waals surface area contributed by atoms with Crippen LogP contribution in [0.25, 0.3) is 0 Å². The third kappa shape index (κ3) is 4.86. The molecule has 1 atom stereocenters. The summed E-state index contributed by atoms with van der Waals surface area (Å²) < 4.78 is 16.5. The standard InChI is InChI=1S/C23H20N4O4S2/c1-29-16-8-6-15(7-9-16)12-21-24-25-23(31-21)33-14-22(28)27-18(19-4-2-10-30-19)13-17(26-27)20-5-3-11-32-20/h2-11,18H,12-14H2,1H3. The number of carbonyl (C=O) groups excluding carboxylic acids is 1. The number of thiophene rings is 1. The molecule has 168 valence electrons. The smallest absolute Gasteiger partial charge is 0.277 e. The van der Waals surface area contributed by atoms with Crippen molar-refractivity contribution in [3.8, 4) is 5.75 Å². The van der Waals surface area contributed by atoms with E-state index in [2.05, 4.69) is 15.3 Å². The van der Waals surface area contributed by atoms with Gasteiger partial charge in [0.15, 0.2) is 0 Å². The number of methoxy groups -OCH3 is 1. The Balaban J connectivity index is 1.24. The summed E-state index contributed by atoms with van der Waals surface area (Å²) in [5, 5.41) is 16.6. The minimum absolute atomic E-state index is 0.128. The van der Waals surface area contributed by atoms with Gasteiger partial charge in [-0.3, -0.25) is 4.79 Å². The Morgan fingerprint density at radius 2 is 2.09 bits per heavy atom. The summed E-state index contributed by atoms with van der Waals surface area (Å²) in [7, 11) is 1.63. The van der Waals surface area contributed by atoms with Crippen molar-refractivity contribution < 1.29 is 18.4 Å². The molecule has 4 aromatic rings. The van der Waals surface area contributed by atoms with Gasteiger partial charge in [0.1, 0.15) is 17.6 Å². The van der Waals surface area contributed by atoms with Gasteiger partial charge in [-0.25, -0.2) is 5.01 Å². The van der Waals surface area contributed by atoms with Crippen LogP contribution in [0.5, 0.6) is 5.75 Å². The minimum Gasteiger partial charge on any atom is -0.497 e. The average molecular weight is 481 g/mol. The highest BCUT2D eigenvalue weighted by Crippen LogP contribution is 2.34. The topological polar surface area (TPSA) is 94.0 Å². The molecule has 0 N–H and O–H groups in total. The quantitative estimate of drug-likeness (QED) is 0.335. The van der Waals surface area contributed by atoms with Crippen molar-refractivity contribution >= 4 is 34.7 Å². The second kappa shape index (κ2) is 9.63. The van der Waals surface area contributed by atoms with Crippen LogP contribution in [0.4, 0.5) is 0 Å². The molecule has 5 rings (SSSR count). The lowest BCUT2D eigenvalue weighted by atomic mass is 10.1. The second-order valence-electron chi connectivity index (χ2n) is 7.27. The zero-order valence-electron chi connectivity index (χ0n) is 17.7. The second-order valence-corrected chi connectivity index (χ2v) is 9.15. The summed E-state index contributed by atoms with van der Waals surface area (Å²) in [4.78, 5) is 14.1.